The monoisotopic (exact) mass is 441 g/mol. The molecule has 0 fully saturated rings. The Balaban J connectivity index is 2.02. The van der Waals surface area contributed by atoms with Crippen LogP contribution in [-0.4, -0.2) is 41.7 Å². The molecule has 1 aromatic carbocycles. The van der Waals surface area contributed by atoms with Gasteiger partial charge in [0.2, 0.25) is 5.91 Å². The van der Waals surface area contributed by atoms with Gasteiger partial charge >= 0.3 is 5.97 Å². The van der Waals surface area contributed by atoms with Gasteiger partial charge in [-0.3, -0.25) is 4.79 Å². The minimum absolute atomic E-state index is 0.0422. The largest absolute Gasteiger partial charge is 0.497 e. The van der Waals surface area contributed by atoms with Crippen molar-refractivity contribution in [1.29, 1.82) is 0 Å². The Hall–Kier alpha value is -3.00. The molecule has 1 atom stereocenters. The number of amidine groups is 1. The predicted octanol–water partition coefficient (Wildman–Crippen LogP) is 3.91. The van der Waals surface area contributed by atoms with Crippen LogP contribution in [0.3, 0.4) is 0 Å². The van der Waals surface area contributed by atoms with E-state index in [0.717, 1.165) is 16.4 Å². The van der Waals surface area contributed by atoms with Crippen LogP contribution in [0.2, 0.25) is 0 Å². The Morgan fingerprint density at radius 2 is 2.03 bits per heavy atom. The van der Waals surface area contributed by atoms with Crippen LogP contribution in [0.1, 0.15) is 38.8 Å². The van der Waals surface area contributed by atoms with Crippen molar-refractivity contribution in [3.63, 3.8) is 0 Å². The van der Waals surface area contributed by atoms with Gasteiger partial charge in [0, 0.05) is 11.7 Å². The number of hydrogen-bond acceptors (Lipinski definition) is 7. The molecule has 8 heteroatoms. The summed E-state index contributed by atoms with van der Waals surface area (Å²) in [6.45, 7) is 9.36. The molecule has 0 aliphatic carbocycles. The molecule has 0 saturated carbocycles. The zero-order valence-corrected chi connectivity index (χ0v) is 19.0. The fourth-order valence-electron chi connectivity index (χ4n) is 3.48. The molecule has 2 heterocycles. The van der Waals surface area contributed by atoms with Gasteiger partial charge in [0.05, 0.1) is 30.8 Å². The molecule has 0 bridgehead atoms. The number of ether oxygens (including phenoxy) is 2. The highest BCUT2D eigenvalue weighted by molar-refractivity contribution is 8.16. The summed E-state index contributed by atoms with van der Waals surface area (Å²) < 4.78 is 10.7. The van der Waals surface area contributed by atoms with Crippen molar-refractivity contribution in [2.45, 2.75) is 39.3 Å². The topological polar surface area (TPSA) is 80.2 Å². The van der Waals surface area contributed by atoms with Gasteiger partial charge in [0.25, 0.3) is 0 Å². The second-order valence-corrected chi connectivity index (χ2v) is 8.29. The van der Waals surface area contributed by atoms with Gasteiger partial charge in [-0.05, 0) is 43.9 Å². The number of thioether (sulfide) groups is 1. The van der Waals surface area contributed by atoms with Crippen molar-refractivity contribution >= 4 is 28.8 Å². The Morgan fingerprint density at radius 1 is 1.32 bits per heavy atom. The van der Waals surface area contributed by atoms with E-state index >= 15 is 0 Å². The molecular weight excluding hydrogens is 414 g/mol. The van der Waals surface area contributed by atoms with Gasteiger partial charge in [-0.1, -0.05) is 36.5 Å². The first-order chi connectivity index (χ1) is 14.8. The molecule has 0 spiro atoms. The maximum absolute atomic E-state index is 13.0. The lowest BCUT2D eigenvalue weighted by Gasteiger charge is -2.36. The standard InChI is InChI=1S/C23H27N3O4S/c1-6-11-30-22(28)20-15(4)25-23-26(17(13-31-23)12-19(27)24-14(2)3)21(20)16-7-9-18(29-5)10-8-16/h6-10,13-14,21H,1,11-12H2,2-5H3,(H,24,27). The minimum Gasteiger partial charge on any atom is -0.497 e. The van der Waals surface area contributed by atoms with E-state index in [2.05, 4.69) is 16.9 Å². The Morgan fingerprint density at radius 3 is 2.65 bits per heavy atom. The van der Waals surface area contributed by atoms with E-state index in [-0.39, 0.29) is 25.0 Å². The molecule has 3 rings (SSSR count). The lowest BCUT2D eigenvalue weighted by Crippen LogP contribution is -2.38. The third kappa shape index (κ3) is 5.02. The van der Waals surface area contributed by atoms with Crippen molar-refractivity contribution in [3.8, 4) is 5.75 Å². The first-order valence-electron chi connectivity index (χ1n) is 10.0. The van der Waals surface area contributed by atoms with E-state index in [4.69, 9.17) is 9.47 Å². The third-order valence-electron chi connectivity index (χ3n) is 4.78. The van der Waals surface area contributed by atoms with Crippen LogP contribution in [0.25, 0.3) is 0 Å². The highest BCUT2D eigenvalue weighted by Crippen LogP contribution is 2.45. The fourth-order valence-corrected chi connectivity index (χ4v) is 4.45. The molecule has 0 aromatic heterocycles. The molecule has 1 aromatic rings. The van der Waals surface area contributed by atoms with Crippen LogP contribution in [0.15, 0.2) is 64.3 Å². The molecule has 7 nitrogen and oxygen atoms in total. The molecule has 2 aliphatic rings. The van der Waals surface area contributed by atoms with Gasteiger partial charge < -0.3 is 19.7 Å². The van der Waals surface area contributed by atoms with Crippen LogP contribution in [0.4, 0.5) is 0 Å². The average Bonchev–Trinajstić information content (AvgIpc) is 3.12. The van der Waals surface area contributed by atoms with E-state index < -0.39 is 12.0 Å². The molecule has 1 amide bonds. The van der Waals surface area contributed by atoms with E-state index in [1.807, 2.05) is 48.4 Å². The molecule has 0 saturated heterocycles. The maximum Gasteiger partial charge on any atom is 0.338 e. The van der Waals surface area contributed by atoms with Crippen LogP contribution in [-0.2, 0) is 14.3 Å². The summed E-state index contributed by atoms with van der Waals surface area (Å²) in [5.74, 6) is 0.176. The number of benzene rings is 1. The number of hydrogen-bond donors (Lipinski definition) is 1. The minimum atomic E-state index is -0.469. The number of amides is 1. The number of methoxy groups -OCH3 is 1. The number of fused-ring (bicyclic) bond motifs is 1. The van der Waals surface area contributed by atoms with Crippen molar-refractivity contribution in [1.82, 2.24) is 10.2 Å². The lowest BCUT2D eigenvalue weighted by atomic mass is 9.93. The number of nitrogens with zero attached hydrogens (tertiary/aromatic N) is 2. The zero-order valence-electron chi connectivity index (χ0n) is 18.2. The fraction of sp³-hybridized carbons (Fsp3) is 0.348. The number of aliphatic imine (C=N–C) groups is 1. The predicted molar refractivity (Wildman–Crippen MR) is 122 cm³/mol. The number of allylic oxidation sites excluding steroid dienone is 1. The summed E-state index contributed by atoms with van der Waals surface area (Å²) in [6.07, 6.45) is 1.71. The second kappa shape index (κ2) is 9.87. The van der Waals surface area contributed by atoms with E-state index in [0.29, 0.717) is 17.0 Å². The Bertz CT molecular complexity index is 964. The Labute approximate surface area is 186 Å². The summed E-state index contributed by atoms with van der Waals surface area (Å²) in [4.78, 5) is 32.0. The summed E-state index contributed by atoms with van der Waals surface area (Å²) in [6, 6.07) is 7.09. The smallest absolute Gasteiger partial charge is 0.338 e. The molecule has 164 valence electrons. The van der Waals surface area contributed by atoms with Crippen LogP contribution in [0.5, 0.6) is 5.75 Å². The van der Waals surface area contributed by atoms with Crippen molar-refractivity contribution in [2.24, 2.45) is 4.99 Å². The van der Waals surface area contributed by atoms with E-state index in [9.17, 15) is 9.59 Å². The average molecular weight is 442 g/mol. The molecule has 0 radical (unpaired) electrons. The molecular formula is C23H27N3O4S. The highest BCUT2D eigenvalue weighted by Gasteiger charge is 2.41. The van der Waals surface area contributed by atoms with Crippen molar-refractivity contribution in [2.75, 3.05) is 13.7 Å². The zero-order chi connectivity index (χ0) is 22.5. The Kier molecular flexibility index (Phi) is 7.22. The summed E-state index contributed by atoms with van der Waals surface area (Å²) in [5.41, 5.74) is 2.68. The van der Waals surface area contributed by atoms with Crippen molar-refractivity contribution in [3.05, 3.63) is 64.9 Å². The molecule has 31 heavy (non-hydrogen) atoms. The second-order valence-electron chi connectivity index (χ2n) is 7.45. The number of esters is 1. The van der Waals surface area contributed by atoms with E-state index in [1.165, 1.54) is 17.8 Å². The number of carbonyl (C=O) groups is 2. The number of nitrogens with one attached hydrogen (secondary N) is 1. The summed E-state index contributed by atoms with van der Waals surface area (Å²) >= 11 is 1.44. The van der Waals surface area contributed by atoms with Gasteiger partial charge in [0.1, 0.15) is 12.4 Å². The molecule has 2 aliphatic heterocycles. The van der Waals surface area contributed by atoms with Crippen LogP contribution in [0, 0.1) is 0 Å². The van der Waals surface area contributed by atoms with Gasteiger partial charge in [-0.2, -0.15) is 0 Å². The first-order valence-corrected chi connectivity index (χ1v) is 10.9. The summed E-state index contributed by atoms with van der Waals surface area (Å²) in [5, 5.41) is 5.56. The SMILES string of the molecule is C=CCOC(=O)C1=C(C)N=C2SC=C(CC(=O)NC(C)C)N2C1c1ccc(OC)cc1. The number of rotatable bonds is 8. The van der Waals surface area contributed by atoms with E-state index in [1.54, 1.807) is 14.0 Å². The van der Waals surface area contributed by atoms with Crippen LogP contribution >= 0.6 is 11.8 Å². The lowest BCUT2D eigenvalue weighted by molar-refractivity contribution is -0.138. The van der Waals surface area contributed by atoms with Gasteiger partial charge in [-0.15, -0.1) is 0 Å². The number of carbonyl (C=O) groups excluding carboxylic acids is 2. The highest BCUT2D eigenvalue weighted by atomic mass is 32.2. The first kappa shape index (κ1) is 22.7. The maximum atomic E-state index is 13.0. The summed E-state index contributed by atoms with van der Waals surface area (Å²) in [7, 11) is 1.60. The van der Waals surface area contributed by atoms with Crippen LogP contribution < -0.4 is 10.1 Å². The molecule has 1 N–H and O–H groups in total. The molecule has 1 unspecified atom stereocenters. The quantitative estimate of drug-likeness (QED) is 0.487. The van der Waals surface area contributed by atoms with Crippen molar-refractivity contribution < 1.29 is 19.1 Å². The normalized spacial score (nSPS) is 17.7. The van der Waals surface area contributed by atoms with Gasteiger partial charge in [-0.25, -0.2) is 9.79 Å². The third-order valence-corrected chi connectivity index (χ3v) is 5.66. The van der Waals surface area contributed by atoms with Gasteiger partial charge in [0.15, 0.2) is 5.17 Å².